The highest BCUT2D eigenvalue weighted by Gasteiger charge is 2.36. The Morgan fingerprint density at radius 2 is 1.88 bits per heavy atom. The van der Waals surface area contributed by atoms with Gasteiger partial charge in [0, 0.05) is 11.6 Å². The van der Waals surface area contributed by atoms with Gasteiger partial charge in [-0.25, -0.2) is 8.42 Å². The first-order valence-electron chi connectivity index (χ1n) is 8.11. The molecule has 0 radical (unpaired) electrons. The van der Waals surface area contributed by atoms with Gasteiger partial charge in [-0.1, -0.05) is 41.7 Å². The molecule has 0 spiro atoms. The monoisotopic (exact) mass is 368 g/mol. The van der Waals surface area contributed by atoms with E-state index in [0.29, 0.717) is 23.0 Å². The van der Waals surface area contributed by atoms with Crippen LogP contribution in [0.1, 0.15) is 48.7 Å². The van der Waals surface area contributed by atoms with Crippen LogP contribution in [0, 0.1) is 13.8 Å². The summed E-state index contributed by atoms with van der Waals surface area (Å²) in [6, 6.07) is 7.25. The highest BCUT2D eigenvalue weighted by atomic mass is 35.5. The summed E-state index contributed by atoms with van der Waals surface area (Å²) in [7, 11) is -3.67. The zero-order valence-electron chi connectivity index (χ0n) is 13.8. The van der Waals surface area contributed by atoms with Gasteiger partial charge >= 0.3 is 0 Å². The third-order valence-electron chi connectivity index (χ3n) is 4.49. The van der Waals surface area contributed by atoms with Gasteiger partial charge in [0.25, 0.3) is 0 Å². The van der Waals surface area contributed by atoms with Crippen LogP contribution in [-0.4, -0.2) is 24.4 Å². The van der Waals surface area contributed by atoms with Crippen molar-refractivity contribution in [3.8, 4) is 0 Å². The van der Waals surface area contributed by atoms with Crippen molar-refractivity contribution >= 4 is 21.6 Å². The van der Waals surface area contributed by atoms with Crippen LogP contribution in [0.5, 0.6) is 0 Å². The fourth-order valence-electron chi connectivity index (χ4n) is 3.35. The second kappa shape index (κ2) is 6.86. The van der Waals surface area contributed by atoms with Crippen LogP contribution in [0.25, 0.3) is 0 Å². The van der Waals surface area contributed by atoms with Crippen molar-refractivity contribution < 1.29 is 12.9 Å². The minimum Gasteiger partial charge on any atom is -0.360 e. The smallest absolute Gasteiger partial charge is 0.249 e. The number of benzene rings is 1. The molecule has 1 saturated heterocycles. The normalized spacial score (nSPS) is 20.0. The van der Waals surface area contributed by atoms with E-state index in [1.165, 1.54) is 0 Å². The summed E-state index contributed by atoms with van der Waals surface area (Å²) >= 11 is 5.98. The Kier molecular flexibility index (Phi) is 4.99. The number of hydrogen-bond donors (Lipinski definition) is 0. The van der Waals surface area contributed by atoms with E-state index in [-0.39, 0.29) is 10.9 Å². The van der Waals surface area contributed by atoms with Crippen LogP contribution >= 0.6 is 11.6 Å². The van der Waals surface area contributed by atoms with Gasteiger partial charge in [0.1, 0.15) is 10.6 Å². The van der Waals surface area contributed by atoms with Gasteiger partial charge in [0.15, 0.2) is 5.76 Å². The maximum Gasteiger partial charge on any atom is 0.249 e. The summed E-state index contributed by atoms with van der Waals surface area (Å²) in [5.74, 6) is 0.339. The van der Waals surface area contributed by atoms with E-state index in [2.05, 4.69) is 5.16 Å². The quantitative estimate of drug-likeness (QED) is 0.812. The van der Waals surface area contributed by atoms with E-state index in [4.69, 9.17) is 16.1 Å². The second-order valence-electron chi connectivity index (χ2n) is 6.19. The zero-order valence-corrected chi connectivity index (χ0v) is 15.4. The van der Waals surface area contributed by atoms with Crippen LogP contribution in [-0.2, 0) is 10.0 Å². The molecule has 5 nitrogen and oxygen atoms in total. The SMILES string of the molecule is Cc1noc(C)c1S(=O)(=O)N1CCCCC[C@@H]1c1ccc(Cl)cc1. The lowest BCUT2D eigenvalue weighted by Gasteiger charge is -2.29. The first-order valence-corrected chi connectivity index (χ1v) is 9.93. The Balaban J connectivity index is 2.06. The van der Waals surface area contributed by atoms with Crippen LogP contribution in [0.3, 0.4) is 0 Å². The summed E-state index contributed by atoms with van der Waals surface area (Å²) in [5.41, 5.74) is 1.38. The summed E-state index contributed by atoms with van der Waals surface area (Å²) in [4.78, 5) is 0.198. The molecule has 7 heteroatoms. The van der Waals surface area contributed by atoms with Crippen molar-refractivity contribution in [1.29, 1.82) is 0 Å². The van der Waals surface area contributed by atoms with Crippen molar-refractivity contribution in [2.75, 3.05) is 6.54 Å². The lowest BCUT2D eigenvalue weighted by molar-refractivity contribution is 0.327. The molecule has 0 saturated carbocycles. The number of sulfonamides is 1. The van der Waals surface area contributed by atoms with Crippen molar-refractivity contribution in [2.45, 2.75) is 50.5 Å². The van der Waals surface area contributed by atoms with E-state index >= 15 is 0 Å². The molecular formula is C17H21ClN2O3S. The summed E-state index contributed by atoms with van der Waals surface area (Å²) in [5, 5.41) is 4.46. The Labute approximate surface area is 147 Å². The lowest BCUT2D eigenvalue weighted by atomic mass is 10.0. The number of aromatic nitrogens is 1. The van der Waals surface area contributed by atoms with Crippen LogP contribution in [0.15, 0.2) is 33.7 Å². The summed E-state index contributed by atoms with van der Waals surface area (Å²) < 4.78 is 33.3. The number of hydrogen-bond acceptors (Lipinski definition) is 4. The van der Waals surface area contributed by atoms with Crippen molar-refractivity contribution in [3.05, 3.63) is 46.3 Å². The number of aryl methyl sites for hydroxylation is 2. The highest BCUT2D eigenvalue weighted by molar-refractivity contribution is 7.89. The zero-order chi connectivity index (χ0) is 17.3. The Morgan fingerprint density at radius 1 is 1.17 bits per heavy atom. The molecule has 2 heterocycles. The molecule has 0 N–H and O–H groups in total. The van der Waals surface area contributed by atoms with E-state index in [0.717, 1.165) is 31.2 Å². The summed E-state index contributed by atoms with van der Waals surface area (Å²) in [6.45, 7) is 3.81. The molecular weight excluding hydrogens is 348 g/mol. The van der Waals surface area contributed by atoms with Gasteiger partial charge in [-0.15, -0.1) is 0 Å². The molecule has 1 aliphatic rings. The standard InChI is InChI=1S/C17H21ClN2O3S/c1-12-17(13(2)23-19-12)24(21,22)20-11-5-3-4-6-16(20)14-7-9-15(18)10-8-14/h7-10,16H,3-6,11H2,1-2H3/t16-/m1/s1. The van der Waals surface area contributed by atoms with E-state index in [1.807, 2.05) is 24.3 Å². The number of rotatable bonds is 3. The predicted octanol–water partition coefficient (Wildman–Crippen LogP) is 4.25. The van der Waals surface area contributed by atoms with Gasteiger partial charge < -0.3 is 4.52 Å². The molecule has 1 aliphatic heterocycles. The molecule has 2 aromatic rings. The predicted molar refractivity (Wildman–Crippen MR) is 92.5 cm³/mol. The molecule has 0 bridgehead atoms. The maximum absolute atomic E-state index is 13.3. The molecule has 1 aromatic carbocycles. The average Bonchev–Trinajstić information content (AvgIpc) is 2.76. The summed E-state index contributed by atoms with van der Waals surface area (Å²) in [6.07, 6.45) is 3.68. The number of halogens is 1. The van der Waals surface area contributed by atoms with Gasteiger partial charge in [-0.3, -0.25) is 0 Å². The van der Waals surface area contributed by atoms with Crippen molar-refractivity contribution in [2.24, 2.45) is 0 Å². The topological polar surface area (TPSA) is 63.4 Å². The Morgan fingerprint density at radius 3 is 2.50 bits per heavy atom. The van der Waals surface area contributed by atoms with Gasteiger partial charge in [-0.05, 0) is 44.4 Å². The molecule has 1 atom stereocenters. The second-order valence-corrected chi connectivity index (χ2v) is 8.45. The average molecular weight is 369 g/mol. The molecule has 24 heavy (non-hydrogen) atoms. The largest absolute Gasteiger partial charge is 0.360 e. The fourth-order valence-corrected chi connectivity index (χ4v) is 5.45. The van der Waals surface area contributed by atoms with Crippen LogP contribution in [0.2, 0.25) is 5.02 Å². The van der Waals surface area contributed by atoms with E-state index < -0.39 is 10.0 Å². The van der Waals surface area contributed by atoms with Crippen molar-refractivity contribution in [1.82, 2.24) is 9.46 Å². The van der Waals surface area contributed by atoms with Crippen LogP contribution < -0.4 is 0 Å². The Hall–Kier alpha value is -1.37. The van der Waals surface area contributed by atoms with Gasteiger partial charge in [0.2, 0.25) is 10.0 Å². The first-order chi connectivity index (χ1) is 11.4. The number of nitrogens with zero attached hydrogens (tertiary/aromatic N) is 2. The minimum absolute atomic E-state index is 0.191. The lowest BCUT2D eigenvalue weighted by Crippen LogP contribution is -2.35. The fraction of sp³-hybridized carbons (Fsp3) is 0.471. The molecule has 130 valence electrons. The molecule has 0 unspecified atom stereocenters. The van der Waals surface area contributed by atoms with Gasteiger partial charge in [-0.2, -0.15) is 4.31 Å². The van der Waals surface area contributed by atoms with Gasteiger partial charge in [0.05, 0.1) is 6.04 Å². The third-order valence-corrected chi connectivity index (χ3v) is 6.90. The molecule has 1 fully saturated rings. The molecule has 3 rings (SSSR count). The molecule has 0 aliphatic carbocycles. The maximum atomic E-state index is 13.3. The minimum atomic E-state index is -3.67. The third kappa shape index (κ3) is 3.23. The Bertz CT molecular complexity index is 795. The highest BCUT2D eigenvalue weighted by Crippen LogP contribution is 2.36. The van der Waals surface area contributed by atoms with Crippen LogP contribution in [0.4, 0.5) is 0 Å². The molecule has 1 aromatic heterocycles. The van der Waals surface area contributed by atoms with Crippen molar-refractivity contribution in [3.63, 3.8) is 0 Å². The van der Waals surface area contributed by atoms with E-state index in [1.54, 1.807) is 18.2 Å². The van der Waals surface area contributed by atoms with E-state index in [9.17, 15) is 8.42 Å². The first kappa shape index (κ1) is 17.5. The molecule has 0 amide bonds.